The fraction of sp³-hybridized carbons (Fsp3) is 0.600. The third-order valence-corrected chi connectivity index (χ3v) is 2.28. The Morgan fingerprint density at radius 3 is 2.61 bits per heavy atom. The maximum Gasteiger partial charge on any atom is 0.360 e. The number of rotatable bonds is 5. The normalized spacial score (nSPS) is 10.2. The summed E-state index contributed by atoms with van der Waals surface area (Å²) in [5, 5.41) is 7.46. The van der Waals surface area contributed by atoms with E-state index >= 15 is 0 Å². The molecule has 8 heteroatoms. The summed E-state index contributed by atoms with van der Waals surface area (Å²) in [4.78, 5) is 24.6. The van der Waals surface area contributed by atoms with Gasteiger partial charge in [-0.2, -0.15) is 0 Å². The number of likely N-dealkylation sites (N-methyl/N-ethyl adjacent to an activating group) is 1. The third kappa shape index (κ3) is 3.04. The van der Waals surface area contributed by atoms with Gasteiger partial charge in [-0.05, 0) is 6.92 Å². The SMILES string of the molecule is CCOC(=O)c1nnn(CC(=O)N(C)C)c1CN. The van der Waals surface area contributed by atoms with Crippen molar-refractivity contribution in [3.05, 3.63) is 11.4 Å². The van der Waals surface area contributed by atoms with Crippen LogP contribution in [0.2, 0.25) is 0 Å². The van der Waals surface area contributed by atoms with Crippen molar-refractivity contribution in [2.45, 2.75) is 20.0 Å². The molecule has 1 rings (SSSR count). The molecule has 0 atom stereocenters. The van der Waals surface area contributed by atoms with E-state index in [2.05, 4.69) is 10.3 Å². The smallest absolute Gasteiger partial charge is 0.360 e. The van der Waals surface area contributed by atoms with Gasteiger partial charge in [0.1, 0.15) is 6.54 Å². The van der Waals surface area contributed by atoms with Gasteiger partial charge in [0.25, 0.3) is 0 Å². The van der Waals surface area contributed by atoms with Gasteiger partial charge in [0.2, 0.25) is 5.91 Å². The predicted octanol–water partition coefficient (Wildman–Crippen LogP) is -0.998. The average molecular weight is 255 g/mol. The lowest BCUT2D eigenvalue weighted by Gasteiger charge is -2.11. The number of carbonyl (C=O) groups is 2. The Morgan fingerprint density at radius 2 is 2.11 bits per heavy atom. The van der Waals surface area contributed by atoms with Crippen molar-refractivity contribution in [3.63, 3.8) is 0 Å². The van der Waals surface area contributed by atoms with Gasteiger partial charge in [0.15, 0.2) is 5.69 Å². The van der Waals surface area contributed by atoms with Crippen LogP contribution in [-0.2, 0) is 22.6 Å². The van der Waals surface area contributed by atoms with E-state index in [0.717, 1.165) is 0 Å². The van der Waals surface area contributed by atoms with E-state index < -0.39 is 5.97 Å². The van der Waals surface area contributed by atoms with E-state index in [-0.39, 0.29) is 31.3 Å². The molecular formula is C10H17N5O3. The Labute approximate surface area is 105 Å². The molecule has 0 saturated carbocycles. The van der Waals surface area contributed by atoms with Crippen LogP contribution in [0.5, 0.6) is 0 Å². The highest BCUT2D eigenvalue weighted by Crippen LogP contribution is 2.07. The minimum Gasteiger partial charge on any atom is -0.461 e. The summed E-state index contributed by atoms with van der Waals surface area (Å²) in [7, 11) is 3.27. The van der Waals surface area contributed by atoms with Crippen LogP contribution in [0.3, 0.4) is 0 Å². The molecule has 1 aromatic rings. The van der Waals surface area contributed by atoms with Crippen LogP contribution in [0.25, 0.3) is 0 Å². The molecule has 0 aliphatic rings. The zero-order valence-corrected chi connectivity index (χ0v) is 10.7. The van der Waals surface area contributed by atoms with Crippen LogP contribution in [0, 0.1) is 0 Å². The van der Waals surface area contributed by atoms with E-state index in [1.807, 2.05) is 0 Å². The maximum atomic E-state index is 11.6. The number of esters is 1. The summed E-state index contributed by atoms with van der Waals surface area (Å²) in [5.41, 5.74) is 6.00. The van der Waals surface area contributed by atoms with E-state index in [9.17, 15) is 9.59 Å². The van der Waals surface area contributed by atoms with E-state index in [4.69, 9.17) is 10.5 Å². The van der Waals surface area contributed by atoms with Crippen molar-refractivity contribution in [2.24, 2.45) is 5.73 Å². The molecule has 0 aliphatic heterocycles. The summed E-state index contributed by atoms with van der Waals surface area (Å²) in [6.45, 7) is 1.99. The number of nitrogens with zero attached hydrogens (tertiary/aromatic N) is 4. The molecule has 2 N–H and O–H groups in total. The largest absolute Gasteiger partial charge is 0.461 e. The summed E-state index contributed by atoms with van der Waals surface area (Å²) in [5.74, 6) is -0.744. The summed E-state index contributed by atoms with van der Waals surface area (Å²) >= 11 is 0. The monoisotopic (exact) mass is 255 g/mol. The van der Waals surface area contributed by atoms with Crippen molar-refractivity contribution < 1.29 is 14.3 Å². The minimum absolute atomic E-state index is 0.00800. The van der Waals surface area contributed by atoms with Crippen molar-refractivity contribution in [3.8, 4) is 0 Å². The Kier molecular flexibility index (Phi) is 4.78. The number of carbonyl (C=O) groups excluding carboxylic acids is 2. The van der Waals surface area contributed by atoms with Gasteiger partial charge < -0.3 is 15.4 Å². The molecule has 0 radical (unpaired) electrons. The Morgan fingerprint density at radius 1 is 1.44 bits per heavy atom. The number of ether oxygens (including phenoxy) is 1. The molecule has 0 spiro atoms. The predicted molar refractivity (Wildman–Crippen MR) is 62.6 cm³/mol. The summed E-state index contributed by atoms with van der Waals surface area (Å²) < 4.78 is 6.14. The highest BCUT2D eigenvalue weighted by molar-refractivity contribution is 5.88. The van der Waals surface area contributed by atoms with Crippen LogP contribution in [0.15, 0.2) is 0 Å². The second-order valence-electron chi connectivity index (χ2n) is 3.76. The van der Waals surface area contributed by atoms with Gasteiger partial charge in [0.05, 0.1) is 12.3 Å². The number of hydrogen-bond donors (Lipinski definition) is 1. The van der Waals surface area contributed by atoms with Crippen molar-refractivity contribution >= 4 is 11.9 Å². The second kappa shape index (κ2) is 6.10. The first-order valence-electron chi connectivity index (χ1n) is 5.50. The highest BCUT2D eigenvalue weighted by Gasteiger charge is 2.21. The van der Waals surface area contributed by atoms with Gasteiger partial charge in [0, 0.05) is 20.6 Å². The van der Waals surface area contributed by atoms with E-state index in [0.29, 0.717) is 5.69 Å². The Balaban J connectivity index is 2.95. The van der Waals surface area contributed by atoms with Crippen molar-refractivity contribution in [1.82, 2.24) is 19.9 Å². The average Bonchev–Trinajstić information content (AvgIpc) is 2.72. The van der Waals surface area contributed by atoms with Crippen LogP contribution in [-0.4, -0.2) is 52.5 Å². The van der Waals surface area contributed by atoms with Crippen LogP contribution in [0.4, 0.5) is 0 Å². The molecule has 18 heavy (non-hydrogen) atoms. The fourth-order valence-electron chi connectivity index (χ4n) is 1.29. The van der Waals surface area contributed by atoms with E-state index in [1.165, 1.54) is 9.58 Å². The molecule has 1 amide bonds. The molecule has 0 unspecified atom stereocenters. The number of amides is 1. The molecule has 0 aromatic carbocycles. The van der Waals surface area contributed by atoms with Gasteiger partial charge in [-0.1, -0.05) is 5.21 Å². The quantitative estimate of drug-likeness (QED) is 0.677. The lowest BCUT2D eigenvalue weighted by Crippen LogP contribution is -2.28. The maximum absolute atomic E-state index is 11.6. The van der Waals surface area contributed by atoms with Crippen LogP contribution in [0.1, 0.15) is 23.1 Å². The Bertz CT molecular complexity index is 441. The van der Waals surface area contributed by atoms with Crippen molar-refractivity contribution in [2.75, 3.05) is 20.7 Å². The molecule has 8 nitrogen and oxygen atoms in total. The van der Waals surface area contributed by atoms with Gasteiger partial charge in [-0.25, -0.2) is 9.48 Å². The topological polar surface area (TPSA) is 103 Å². The molecule has 100 valence electrons. The second-order valence-corrected chi connectivity index (χ2v) is 3.76. The summed E-state index contributed by atoms with van der Waals surface area (Å²) in [6, 6.07) is 0. The van der Waals surface area contributed by atoms with E-state index in [1.54, 1.807) is 21.0 Å². The zero-order valence-electron chi connectivity index (χ0n) is 10.7. The number of hydrogen-bond acceptors (Lipinski definition) is 6. The number of nitrogens with two attached hydrogens (primary N) is 1. The first kappa shape index (κ1) is 14.1. The van der Waals surface area contributed by atoms with Gasteiger partial charge in [-0.3, -0.25) is 4.79 Å². The molecular weight excluding hydrogens is 238 g/mol. The molecule has 0 bridgehead atoms. The molecule has 1 heterocycles. The molecule has 1 aromatic heterocycles. The van der Waals surface area contributed by atoms with Crippen LogP contribution < -0.4 is 5.73 Å². The third-order valence-electron chi connectivity index (χ3n) is 2.28. The standard InChI is InChI=1S/C10H17N5O3/c1-4-18-10(17)9-7(5-11)15(13-12-9)6-8(16)14(2)3/h4-6,11H2,1-3H3. The first-order chi connectivity index (χ1) is 8.51. The number of aromatic nitrogens is 3. The Hall–Kier alpha value is -1.96. The molecule has 0 aliphatic carbocycles. The van der Waals surface area contributed by atoms with Crippen molar-refractivity contribution in [1.29, 1.82) is 0 Å². The lowest BCUT2D eigenvalue weighted by atomic mass is 10.3. The first-order valence-corrected chi connectivity index (χ1v) is 5.50. The fourth-order valence-corrected chi connectivity index (χ4v) is 1.29. The van der Waals surface area contributed by atoms with Crippen LogP contribution >= 0.6 is 0 Å². The summed E-state index contributed by atoms with van der Waals surface area (Å²) in [6.07, 6.45) is 0. The minimum atomic E-state index is -0.582. The van der Waals surface area contributed by atoms with Gasteiger partial charge >= 0.3 is 5.97 Å². The van der Waals surface area contributed by atoms with Gasteiger partial charge in [-0.15, -0.1) is 5.10 Å². The molecule has 0 saturated heterocycles. The zero-order chi connectivity index (χ0) is 13.7. The highest BCUT2D eigenvalue weighted by atomic mass is 16.5. The molecule has 0 fully saturated rings. The lowest BCUT2D eigenvalue weighted by molar-refractivity contribution is -0.129.